The third-order valence-electron chi connectivity index (χ3n) is 19.1. The maximum atomic E-state index is 13.1. The Morgan fingerprint density at radius 2 is 0.515 bits per heavy atom. The molecule has 0 aliphatic rings. The first kappa shape index (κ1) is 97.1. The maximum absolute atomic E-state index is 13.1. The van der Waals surface area contributed by atoms with E-state index in [-0.39, 0.29) is 25.7 Å². The van der Waals surface area contributed by atoms with E-state index in [1.54, 1.807) is 0 Å². The molecule has 0 saturated carbocycles. The van der Waals surface area contributed by atoms with E-state index in [0.717, 1.165) is 102 Å². The van der Waals surface area contributed by atoms with Gasteiger partial charge in [0.05, 0.1) is 26.4 Å². The van der Waals surface area contributed by atoms with Gasteiger partial charge in [0.15, 0.2) is 12.2 Å². The number of phosphoric ester groups is 2. The second-order valence-electron chi connectivity index (χ2n) is 29.5. The number of unbranched alkanes of at least 4 members (excludes halogenated alkanes) is 48. The number of ether oxygens (including phenoxy) is 4. The standard InChI is InChI=1S/C80H156O17P2/c1-7-10-12-14-16-18-20-21-22-23-24-25-26-31-34-40-46-52-58-64-79(84)96-75(69-91-78(83)63-57-51-45-39-33-30-28-27-29-32-37-43-49-55-61-73(6)9-3)70-94-98(86,87)92-66-74(81)67-93-99(88,89)95-71-76(68-90-77(82)62-56-50-44-38-19-17-15-13-11-8-2)97-80(85)65-59-53-47-41-35-36-42-48-54-60-72(4)5/h72-76,81H,7-71H2,1-6H3,(H,86,87)(H,88,89)/t73?,74-,75-,76-/m1/s1. The van der Waals surface area contributed by atoms with Crippen LogP contribution in [0.5, 0.6) is 0 Å². The summed E-state index contributed by atoms with van der Waals surface area (Å²) < 4.78 is 68.7. The zero-order chi connectivity index (χ0) is 72.8. The summed E-state index contributed by atoms with van der Waals surface area (Å²) >= 11 is 0. The SMILES string of the molecule is CCCCCCCCCCCCCCCCCCCCCC(=O)O[C@H](COC(=O)CCCCCCCCCCCCCCCCC(C)CC)COP(=O)(O)OC[C@@H](O)COP(=O)(O)OC[C@@H](COC(=O)CCCCCCCCCCCC)OC(=O)CCCCCCCCCCCC(C)C. The summed E-state index contributed by atoms with van der Waals surface area (Å²) in [5.41, 5.74) is 0. The van der Waals surface area contributed by atoms with Crippen LogP contribution < -0.4 is 0 Å². The van der Waals surface area contributed by atoms with Gasteiger partial charge >= 0.3 is 39.5 Å². The molecule has 19 heteroatoms. The van der Waals surface area contributed by atoms with Crippen molar-refractivity contribution in [1.29, 1.82) is 0 Å². The molecule has 0 rings (SSSR count). The van der Waals surface area contributed by atoms with Gasteiger partial charge in [0, 0.05) is 25.7 Å². The van der Waals surface area contributed by atoms with Gasteiger partial charge in [0.2, 0.25) is 0 Å². The summed E-state index contributed by atoms with van der Waals surface area (Å²) in [6, 6.07) is 0. The molecule has 99 heavy (non-hydrogen) atoms. The molecule has 0 aromatic rings. The van der Waals surface area contributed by atoms with Crippen molar-refractivity contribution < 1.29 is 80.2 Å². The van der Waals surface area contributed by atoms with E-state index in [1.165, 1.54) is 238 Å². The van der Waals surface area contributed by atoms with Crippen LogP contribution in [0, 0.1) is 11.8 Å². The topological polar surface area (TPSA) is 237 Å². The molecular weight excluding hydrogens is 1290 g/mol. The van der Waals surface area contributed by atoms with Crippen molar-refractivity contribution in [1.82, 2.24) is 0 Å². The van der Waals surface area contributed by atoms with Crippen LogP contribution in [0.3, 0.4) is 0 Å². The molecule has 0 heterocycles. The van der Waals surface area contributed by atoms with Gasteiger partial charge in [-0.15, -0.1) is 0 Å². The van der Waals surface area contributed by atoms with Crippen LogP contribution in [0.2, 0.25) is 0 Å². The summed E-state index contributed by atoms with van der Waals surface area (Å²) in [5, 5.41) is 10.6. The highest BCUT2D eigenvalue weighted by Crippen LogP contribution is 2.45. The Labute approximate surface area is 607 Å². The molecule has 0 bridgehead atoms. The molecule has 0 radical (unpaired) electrons. The molecule has 0 amide bonds. The molecule has 3 unspecified atom stereocenters. The summed E-state index contributed by atoms with van der Waals surface area (Å²) in [4.78, 5) is 72.9. The number of aliphatic hydroxyl groups excluding tert-OH is 1. The van der Waals surface area contributed by atoms with E-state index >= 15 is 0 Å². The zero-order valence-electron chi connectivity index (χ0n) is 64.8. The van der Waals surface area contributed by atoms with Gasteiger partial charge in [-0.3, -0.25) is 37.3 Å². The fourth-order valence-electron chi connectivity index (χ4n) is 12.3. The molecule has 0 aliphatic carbocycles. The molecule has 0 aromatic carbocycles. The lowest BCUT2D eigenvalue weighted by Gasteiger charge is -2.21. The largest absolute Gasteiger partial charge is 0.472 e. The molecule has 6 atom stereocenters. The normalized spacial score (nSPS) is 14.2. The summed E-state index contributed by atoms with van der Waals surface area (Å²) in [5.74, 6) is -0.524. The van der Waals surface area contributed by atoms with Crippen molar-refractivity contribution in [2.24, 2.45) is 11.8 Å². The van der Waals surface area contributed by atoms with Crippen molar-refractivity contribution >= 4 is 39.5 Å². The Balaban J connectivity index is 5.23. The lowest BCUT2D eigenvalue weighted by atomic mass is 9.99. The lowest BCUT2D eigenvalue weighted by Crippen LogP contribution is -2.30. The molecule has 3 N–H and O–H groups in total. The van der Waals surface area contributed by atoms with E-state index in [1.807, 2.05) is 0 Å². The van der Waals surface area contributed by atoms with Crippen LogP contribution in [0.15, 0.2) is 0 Å². The van der Waals surface area contributed by atoms with Gasteiger partial charge in [0.1, 0.15) is 19.3 Å². The van der Waals surface area contributed by atoms with Crippen LogP contribution >= 0.6 is 15.6 Å². The predicted molar refractivity (Wildman–Crippen MR) is 405 cm³/mol. The lowest BCUT2D eigenvalue weighted by molar-refractivity contribution is -0.161. The average molecular weight is 1450 g/mol. The molecule has 0 aliphatic heterocycles. The summed E-state index contributed by atoms with van der Waals surface area (Å²) in [6.07, 6.45) is 61.0. The van der Waals surface area contributed by atoms with E-state index < -0.39 is 97.5 Å². The van der Waals surface area contributed by atoms with Crippen molar-refractivity contribution in [2.45, 2.75) is 439 Å². The van der Waals surface area contributed by atoms with Gasteiger partial charge in [-0.1, -0.05) is 369 Å². The number of carbonyl (C=O) groups excluding carboxylic acids is 4. The van der Waals surface area contributed by atoms with Gasteiger partial charge < -0.3 is 33.8 Å². The zero-order valence-corrected chi connectivity index (χ0v) is 66.6. The minimum absolute atomic E-state index is 0.106. The van der Waals surface area contributed by atoms with Crippen molar-refractivity contribution in [2.75, 3.05) is 39.6 Å². The monoisotopic (exact) mass is 1450 g/mol. The summed E-state index contributed by atoms with van der Waals surface area (Å²) in [7, 11) is -9.92. The first-order valence-electron chi connectivity index (χ1n) is 41.5. The van der Waals surface area contributed by atoms with Crippen LogP contribution in [-0.4, -0.2) is 96.7 Å². The number of phosphoric acid groups is 2. The fourth-order valence-corrected chi connectivity index (χ4v) is 13.9. The summed E-state index contributed by atoms with van der Waals surface area (Å²) in [6.45, 7) is 9.65. The molecule has 0 aromatic heterocycles. The Kier molecular flexibility index (Phi) is 70.3. The van der Waals surface area contributed by atoms with Crippen LogP contribution in [0.4, 0.5) is 0 Å². The first-order valence-corrected chi connectivity index (χ1v) is 44.5. The number of hydrogen-bond acceptors (Lipinski definition) is 15. The molecule has 17 nitrogen and oxygen atoms in total. The van der Waals surface area contributed by atoms with E-state index in [0.29, 0.717) is 25.7 Å². The van der Waals surface area contributed by atoms with E-state index in [9.17, 15) is 43.2 Å². The Hall–Kier alpha value is -1.94. The maximum Gasteiger partial charge on any atom is 0.472 e. The van der Waals surface area contributed by atoms with Gasteiger partial charge in [-0.2, -0.15) is 0 Å². The van der Waals surface area contributed by atoms with Gasteiger partial charge in [-0.05, 0) is 37.5 Å². The molecule has 0 saturated heterocycles. The third kappa shape index (κ3) is 72.8. The smallest absolute Gasteiger partial charge is 0.462 e. The second-order valence-corrected chi connectivity index (χ2v) is 32.4. The minimum atomic E-state index is -4.96. The molecule has 588 valence electrons. The number of esters is 4. The highest BCUT2D eigenvalue weighted by Gasteiger charge is 2.30. The number of rotatable bonds is 79. The van der Waals surface area contributed by atoms with Crippen molar-refractivity contribution in [3.8, 4) is 0 Å². The number of aliphatic hydroxyl groups is 1. The van der Waals surface area contributed by atoms with E-state index in [4.69, 9.17) is 37.0 Å². The van der Waals surface area contributed by atoms with Gasteiger partial charge in [-0.25, -0.2) is 9.13 Å². The first-order chi connectivity index (χ1) is 47.9. The van der Waals surface area contributed by atoms with Crippen LogP contribution in [0.1, 0.15) is 420 Å². The quantitative estimate of drug-likeness (QED) is 0.0222. The Morgan fingerprint density at radius 1 is 0.293 bits per heavy atom. The molecular formula is C80H156O17P2. The highest BCUT2D eigenvalue weighted by atomic mass is 31.2. The predicted octanol–water partition coefficient (Wildman–Crippen LogP) is 23.9. The van der Waals surface area contributed by atoms with Crippen molar-refractivity contribution in [3.05, 3.63) is 0 Å². The average Bonchev–Trinajstić information content (AvgIpc) is 2.39. The number of carbonyl (C=O) groups is 4. The van der Waals surface area contributed by atoms with Crippen molar-refractivity contribution in [3.63, 3.8) is 0 Å². The highest BCUT2D eigenvalue weighted by molar-refractivity contribution is 7.47. The van der Waals surface area contributed by atoms with Gasteiger partial charge in [0.25, 0.3) is 0 Å². The van der Waals surface area contributed by atoms with E-state index in [2.05, 4.69) is 41.5 Å². The second kappa shape index (κ2) is 71.7. The van der Waals surface area contributed by atoms with Crippen LogP contribution in [0.25, 0.3) is 0 Å². The molecule has 0 fully saturated rings. The third-order valence-corrected chi connectivity index (χ3v) is 21.0. The fraction of sp³-hybridized carbons (Fsp3) is 0.950. The van der Waals surface area contributed by atoms with Crippen LogP contribution in [-0.2, 0) is 65.4 Å². The Bertz CT molecular complexity index is 1910. The molecule has 0 spiro atoms. The Morgan fingerprint density at radius 3 is 0.768 bits per heavy atom. The minimum Gasteiger partial charge on any atom is -0.462 e. The number of hydrogen-bond donors (Lipinski definition) is 3.